The highest BCUT2D eigenvalue weighted by Gasteiger charge is 2.35. The van der Waals surface area contributed by atoms with E-state index in [2.05, 4.69) is 5.32 Å². The lowest BCUT2D eigenvalue weighted by atomic mass is 9.89. The molecule has 0 aromatic rings. The molecule has 1 unspecified atom stereocenters. The highest BCUT2D eigenvalue weighted by molar-refractivity contribution is 5.82. The Balaban J connectivity index is 2.64. The standard InChI is InChI=1S/C7H13NO2/c1-7(2,3)5-6(9)8-4-10-5/h5H,4H2,1-3H3,(H,8,9). The molecule has 1 heterocycles. The molecular weight excluding hydrogens is 130 g/mol. The Kier molecular flexibility index (Phi) is 1.68. The highest BCUT2D eigenvalue weighted by atomic mass is 16.5. The molecule has 10 heavy (non-hydrogen) atoms. The number of ether oxygens (including phenoxy) is 1. The Morgan fingerprint density at radius 1 is 1.60 bits per heavy atom. The van der Waals surface area contributed by atoms with Crippen LogP contribution in [0.4, 0.5) is 0 Å². The maximum atomic E-state index is 11.0. The summed E-state index contributed by atoms with van der Waals surface area (Å²) in [5.41, 5.74) is -0.0828. The number of carbonyl (C=O) groups is 1. The molecule has 0 aliphatic carbocycles. The molecule has 1 N–H and O–H groups in total. The van der Waals surface area contributed by atoms with E-state index in [1.165, 1.54) is 0 Å². The summed E-state index contributed by atoms with van der Waals surface area (Å²) in [6.07, 6.45) is -0.271. The van der Waals surface area contributed by atoms with Gasteiger partial charge in [0.2, 0.25) is 0 Å². The van der Waals surface area contributed by atoms with Gasteiger partial charge in [-0.1, -0.05) is 20.8 Å². The van der Waals surface area contributed by atoms with Crippen molar-refractivity contribution in [2.45, 2.75) is 26.9 Å². The van der Waals surface area contributed by atoms with Gasteiger partial charge in [0, 0.05) is 0 Å². The van der Waals surface area contributed by atoms with Gasteiger partial charge in [0.1, 0.15) is 12.8 Å². The van der Waals surface area contributed by atoms with E-state index >= 15 is 0 Å². The van der Waals surface area contributed by atoms with Gasteiger partial charge in [-0.2, -0.15) is 0 Å². The van der Waals surface area contributed by atoms with E-state index in [9.17, 15) is 4.79 Å². The van der Waals surface area contributed by atoms with Crippen LogP contribution in [0.1, 0.15) is 20.8 Å². The summed E-state index contributed by atoms with van der Waals surface area (Å²) in [6, 6.07) is 0. The molecule has 1 rings (SSSR count). The molecule has 0 saturated carbocycles. The summed E-state index contributed by atoms with van der Waals surface area (Å²) in [6.45, 7) is 6.33. The van der Waals surface area contributed by atoms with E-state index in [1.807, 2.05) is 20.8 Å². The number of carbonyl (C=O) groups excluding carboxylic acids is 1. The number of hydrogen-bond acceptors (Lipinski definition) is 2. The van der Waals surface area contributed by atoms with E-state index in [1.54, 1.807) is 0 Å². The summed E-state index contributed by atoms with van der Waals surface area (Å²) in [5.74, 6) is 0.00694. The first-order valence-corrected chi connectivity index (χ1v) is 3.41. The Labute approximate surface area is 60.7 Å². The molecule has 1 amide bonds. The van der Waals surface area contributed by atoms with Crippen molar-refractivity contribution in [3.63, 3.8) is 0 Å². The molecule has 0 bridgehead atoms. The lowest BCUT2D eigenvalue weighted by Crippen LogP contribution is -2.34. The summed E-state index contributed by atoms with van der Waals surface area (Å²) in [5, 5.41) is 2.61. The molecule has 58 valence electrons. The first kappa shape index (κ1) is 7.54. The lowest BCUT2D eigenvalue weighted by molar-refractivity contribution is -0.127. The van der Waals surface area contributed by atoms with Gasteiger partial charge in [-0.3, -0.25) is 4.79 Å². The monoisotopic (exact) mass is 143 g/mol. The SMILES string of the molecule is CC(C)(C)C1OCNC1=O. The van der Waals surface area contributed by atoms with Gasteiger partial charge in [0.25, 0.3) is 5.91 Å². The Bertz CT molecular complexity index is 148. The average molecular weight is 143 g/mol. The normalized spacial score (nSPS) is 26.7. The molecule has 1 aliphatic heterocycles. The first-order chi connectivity index (χ1) is 4.52. The topological polar surface area (TPSA) is 38.3 Å². The average Bonchev–Trinajstić information content (AvgIpc) is 2.11. The van der Waals surface area contributed by atoms with Crippen LogP contribution >= 0.6 is 0 Å². The fraction of sp³-hybridized carbons (Fsp3) is 0.857. The summed E-state index contributed by atoms with van der Waals surface area (Å²) < 4.78 is 5.17. The van der Waals surface area contributed by atoms with Crippen LogP contribution in [0.15, 0.2) is 0 Å². The quantitative estimate of drug-likeness (QED) is 0.536. The molecule has 1 fully saturated rings. The number of nitrogens with one attached hydrogen (secondary N) is 1. The van der Waals surface area contributed by atoms with Gasteiger partial charge < -0.3 is 10.1 Å². The van der Waals surface area contributed by atoms with Crippen molar-refractivity contribution in [2.24, 2.45) is 5.41 Å². The van der Waals surface area contributed by atoms with Crippen molar-refractivity contribution in [1.82, 2.24) is 5.32 Å². The molecule has 1 saturated heterocycles. The van der Waals surface area contributed by atoms with Crippen LogP contribution in [0.2, 0.25) is 0 Å². The van der Waals surface area contributed by atoms with Gasteiger partial charge in [-0.15, -0.1) is 0 Å². The molecule has 1 atom stereocenters. The van der Waals surface area contributed by atoms with E-state index in [0.29, 0.717) is 6.73 Å². The first-order valence-electron chi connectivity index (χ1n) is 3.41. The highest BCUT2D eigenvalue weighted by Crippen LogP contribution is 2.24. The van der Waals surface area contributed by atoms with Crippen molar-refractivity contribution in [2.75, 3.05) is 6.73 Å². The largest absolute Gasteiger partial charge is 0.348 e. The van der Waals surface area contributed by atoms with E-state index in [4.69, 9.17) is 4.74 Å². The molecule has 0 radical (unpaired) electrons. The van der Waals surface area contributed by atoms with Crippen LogP contribution in [-0.2, 0) is 9.53 Å². The van der Waals surface area contributed by atoms with E-state index < -0.39 is 0 Å². The van der Waals surface area contributed by atoms with Crippen LogP contribution in [0.5, 0.6) is 0 Å². The maximum Gasteiger partial charge on any atom is 0.251 e. The zero-order chi connectivity index (χ0) is 7.78. The van der Waals surface area contributed by atoms with Crippen molar-refractivity contribution >= 4 is 5.91 Å². The van der Waals surface area contributed by atoms with Crippen molar-refractivity contribution in [3.05, 3.63) is 0 Å². The fourth-order valence-electron chi connectivity index (χ4n) is 1.01. The summed E-state index contributed by atoms with van der Waals surface area (Å²) in [7, 11) is 0. The smallest absolute Gasteiger partial charge is 0.251 e. The van der Waals surface area contributed by atoms with E-state index in [-0.39, 0.29) is 17.4 Å². The third-order valence-electron chi connectivity index (χ3n) is 1.52. The Morgan fingerprint density at radius 2 is 2.20 bits per heavy atom. The lowest BCUT2D eigenvalue weighted by Gasteiger charge is -2.22. The molecule has 0 spiro atoms. The second-order valence-electron chi connectivity index (χ2n) is 3.60. The predicted molar refractivity (Wildman–Crippen MR) is 37.3 cm³/mol. The minimum Gasteiger partial charge on any atom is -0.348 e. The number of hydrogen-bond donors (Lipinski definition) is 1. The van der Waals surface area contributed by atoms with Gasteiger partial charge in [0.15, 0.2) is 0 Å². The third-order valence-corrected chi connectivity index (χ3v) is 1.52. The third kappa shape index (κ3) is 1.29. The summed E-state index contributed by atoms with van der Waals surface area (Å²) >= 11 is 0. The second kappa shape index (κ2) is 2.23. The van der Waals surface area contributed by atoms with Crippen molar-refractivity contribution < 1.29 is 9.53 Å². The van der Waals surface area contributed by atoms with E-state index in [0.717, 1.165) is 0 Å². The number of amides is 1. The molecule has 0 aromatic heterocycles. The maximum absolute atomic E-state index is 11.0. The zero-order valence-corrected chi connectivity index (χ0v) is 6.60. The van der Waals surface area contributed by atoms with Gasteiger partial charge in [-0.25, -0.2) is 0 Å². The van der Waals surface area contributed by atoms with Crippen LogP contribution in [0.25, 0.3) is 0 Å². The second-order valence-corrected chi connectivity index (χ2v) is 3.60. The molecule has 0 aromatic carbocycles. The van der Waals surface area contributed by atoms with Crippen LogP contribution in [-0.4, -0.2) is 18.7 Å². The summed E-state index contributed by atoms with van der Waals surface area (Å²) in [4.78, 5) is 11.0. The van der Waals surface area contributed by atoms with Crippen molar-refractivity contribution in [3.8, 4) is 0 Å². The van der Waals surface area contributed by atoms with Gasteiger partial charge in [0.05, 0.1) is 0 Å². The van der Waals surface area contributed by atoms with Crippen molar-refractivity contribution in [1.29, 1.82) is 0 Å². The van der Waals surface area contributed by atoms with Crippen LogP contribution in [0.3, 0.4) is 0 Å². The fourth-order valence-corrected chi connectivity index (χ4v) is 1.01. The molecule has 1 aliphatic rings. The van der Waals surface area contributed by atoms with Crippen LogP contribution in [0, 0.1) is 5.41 Å². The number of rotatable bonds is 0. The van der Waals surface area contributed by atoms with Gasteiger partial charge >= 0.3 is 0 Å². The molecule has 3 nitrogen and oxygen atoms in total. The zero-order valence-electron chi connectivity index (χ0n) is 6.60. The molecular formula is C7H13NO2. The minimum atomic E-state index is -0.271. The Morgan fingerprint density at radius 3 is 2.40 bits per heavy atom. The predicted octanol–water partition coefficient (Wildman–Crippen LogP) is 0.505. The van der Waals surface area contributed by atoms with Gasteiger partial charge in [-0.05, 0) is 5.41 Å². The Hall–Kier alpha value is -0.570. The van der Waals surface area contributed by atoms with Crippen LogP contribution < -0.4 is 5.32 Å². The minimum absolute atomic E-state index is 0.00694. The molecule has 3 heteroatoms.